The Balaban J connectivity index is 2.07. The van der Waals surface area contributed by atoms with Crippen molar-refractivity contribution >= 4 is 18.0 Å². The molecule has 0 N–H and O–H groups in total. The van der Waals surface area contributed by atoms with Crippen molar-refractivity contribution in [1.29, 1.82) is 0 Å². The summed E-state index contributed by atoms with van der Waals surface area (Å²) in [5.41, 5.74) is 3.41. The first kappa shape index (κ1) is 17.3. The van der Waals surface area contributed by atoms with Crippen LogP contribution in [0.4, 0.5) is 0 Å². The number of hydrogen-bond donors (Lipinski definition) is 0. The van der Waals surface area contributed by atoms with E-state index in [2.05, 4.69) is 13.0 Å². The van der Waals surface area contributed by atoms with Crippen LogP contribution in [0.1, 0.15) is 42.4 Å². The van der Waals surface area contributed by atoms with Gasteiger partial charge >= 0.3 is 5.97 Å². The predicted molar refractivity (Wildman–Crippen MR) is 90.9 cm³/mol. The molecule has 23 heavy (non-hydrogen) atoms. The number of hydrogen-bond acceptors (Lipinski definition) is 3. The first-order chi connectivity index (χ1) is 11.0. The molecule has 1 aliphatic heterocycles. The van der Waals surface area contributed by atoms with Crippen molar-refractivity contribution < 1.29 is 14.3 Å². The van der Waals surface area contributed by atoms with Gasteiger partial charge in [-0.1, -0.05) is 23.8 Å². The molecule has 0 radical (unpaired) electrons. The average Bonchev–Trinajstić information content (AvgIpc) is 2.54. The van der Waals surface area contributed by atoms with Gasteiger partial charge in [-0.3, -0.25) is 9.59 Å². The summed E-state index contributed by atoms with van der Waals surface area (Å²) in [7, 11) is 1.39. The molecule has 1 aromatic rings. The largest absolute Gasteiger partial charge is 0.469 e. The molecule has 0 aliphatic carbocycles. The van der Waals surface area contributed by atoms with Gasteiger partial charge in [-0.2, -0.15) is 0 Å². The van der Waals surface area contributed by atoms with Crippen LogP contribution in [0, 0.1) is 13.8 Å². The molecule has 1 unspecified atom stereocenters. The summed E-state index contributed by atoms with van der Waals surface area (Å²) < 4.78 is 4.74. The fourth-order valence-electron chi connectivity index (χ4n) is 3.05. The molecule has 1 amide bonds. The van der Waals surface area contributed by atoms with Gasteiger partial charge in [0.2, 0.25) is 5.91 Å². The Morgan fingerprint density at radius 1 is 1.30 bits per heavy atom. The summed E-state index contributed by atoms with van der Waals surface area (Å²) in [5.74, 6) is -0.286. The molecule has 1 saturated heterocycles. The number of esters is 1. The Kier molecular flexibility index (Phi) is 5.97. The molecule has 1 aliphatic rings. The number of aryl methyl sites for hydroxylation is 2. The van der Waals surface area contributed by atoms with E-state index in [1.165, 1.54) is 12.7 Å². The van der Waals surface area contributed by atoms with E-state index in [-0.39, 0.29) is 24.3 Å². The minimum atomic E-state index is -0.256. The number of benzene rings is 1. The molecular weight excluding hydrogens is 290 g/mol. The van der Waals surface area contributed by atoms with Gasteiger partial charge in [-0.05, 0) is 50.3 Å². The second kappa shape index (κ2) is 7.95. The molecule has 1 fully saturated rings. The number of nitrogens with zero attached hydrogens (tertiary/aromatic N) is 1. The van der Waals surface area contributed by atoms with Crippen LogP contribution >= 0.6 is 0 Å². The Bertz CT molecular complexity index is 607. The number of amides is 1. The lowest BCUT2D eigenvalue weighted by atomic mass is 9.99. The molecule has 4 nitrogen and oxygen atoms in total. The lowest BCUT2D eigenvalue weighted by Gasteiger charge is -2.34. The highest BCUT2D eigenvalue weighted by molar-refractivity contribution is 5.92. The Labute approximate surface area is 138 Å². The summed E-state index contributed by atoms with van der Waals surface area (Å²) in [5, 5.41) is 0. The fourth-order valence-corrected chi connectivity index (χ4v) is 3.05. The quantitative estimate of drug-likeness (QED) is 0.633. The highest BCUT2D eigenvalue weighted by Crippen LogP contribution is 2.21. The zero-order valence-corrected chi connectivity index (χ0v) is 14.2. The van der Waals surface area contributed by atoms with E-state index in [4.69, 9.17) is 4.74 Å². The maximum absolute atomic E-state index is 12.5. The number of rotatable bonds is 4. The number of carbonyl (C=O) groups is 2. The highest BCUT2D eigenvalue weighted by Gasteiger charge is 2.27. The Hall–Kier alpha value is -2.10. The van der Waals surface area contributed by atoms with Gasteiger partial charge in [0.1, 0.15) is 0 Å². The Morgan fingerprint density at radius 2 is 2.09 bits per heavy atom. The normalized spacial score (nSPS) is 18.2. The van der Waals surface area contributed by atoms with Crippen LogP contribution in [-0.4, -0.2) is 36.5 Å². The molecule has 2 rings (SSSR count). The second-order valence-electron chi connectivity index (χ2n) is 6.15. The van der Waals surface area contributed by atoms with Crippen LogP contribution in [-0.2, 0) is 14.3 Å². The van der Waals surface area contributed by atoms with Crippen LogP contribution < -0.4 is 0 Å². The van der Waals surface area contributed by atoms with Gasteiger partial charge in [0.25, 0.3) is 0 Å². The van der Waals surface area contributed by atoms with Crippen molar-refractivity contribution in [3.05, 3.63) is 41.0 Å². The van der Waals surface area contributed by atoms with Gasteiger partial charge in [0.05, 0.1) is 13.5 Å². The van der Waals surface area contributed by atoms with Crippen LogP contribution in [0.2, 0.25) is 0 Å². The van der Waals surface area contributed by atoms with E-state index in [1.807, 2.05) is 25.1 Å². The molecular formula is C19H25NO3. The number of methoxy groups -OCH3 is 1. The number of likely N-dealkylation sites (tertiary alicyclic amines) is 1. The number of ether oxygens (including phenoxy) is 1. The second-order valence-corrected chi connectivity index (χ2v) is 6.15. The van der Waals surface area contributed by atoms with Crippen LogP contribution in [0.25, 0.3) is 6.08 Å². The summed E-state index contributed by atoms with van der Waals surface area (Å²) >= 11 is 0. The topological polar surface area (TPSA) is 46.6 Å². The summed E-state index contributed by atoms with van der Waals surface area (Å²) in [6, 6.07) is 6.12. The third kappa shape index (κ3) is 4.68. The van der Waals surface area contributed by atoms with Crippen molar-refractivity contribution in [2.75, 3.05) is 13.7 Å². The van der Waals surface area contributed by atoms with Crippen molar-refractivity contribution in [2.24, 2.45) is 0 Å². The van der Waals surface area contributed by atoms with Gasteiger partial charge in [-0.25, -0.2) is 0 Å². The molecule has 0 aromatic heterocycles. The van der Waals surface area contributed by atoms with Gasteiger partial charge in [0, 0.05) is 18.7 Å². The lowest BCUT2D eigenvalue weighted by Crippen LogP contribution is -2.44. The van der Waals surface area contributed by atoms with E-state index in [9.17, 15) is 9.59 Å². The maximum Gasteiger partial charge on any atom is 0.307 e. The molecule has 0 saturated carbocycles. The van der Waals surface area contributed by atoms with E-state index in [0.717, 1.165) is 30.4 Å². The van der Waals surface area contributed by atoms with E-state index in [1.54, 1.807) is 11.0 Å². The van der Waals surface area contributed by atoms with Crippen molar-refractivity contribution in [3.63, 3.8) is 0 Å². The molecule has 0 spiro atoms. The van der Waals surface area contributed by atoms with E-state index < -0.39 is 0 Å². The molecule has 1 atom stereocenters. The zero-order valence-electron chi connectivity index (χ0n) is 14.2. The highest BCUT2D eigenvalue weighted by atomic mass is 16.5. The monoisotopic (exact) mass is 315 g/mol. The lowest BCUT2D eigenvalue weighted by molar-refractivity contribution is -0.143. The average molecular weight is 315 g/mol. The Morgan fingerprint density at radius 3 is 2.78 bits per heavy atom. The molecule has 0 bridgehead atoms. The van der Waals surface area contributed by atoms with E-state index in [0.29, 0.717) is 6.54 Å². The summed E-state index contributed by atoms with van der Waals surface area (Å²) in [4.78, 5) is 25.8. The third-order valence-corrected chi connectivity index (χ3v) is 4.37. The molecule has 4 heteroatoms. The van der Waals surface area contributed by atoms with Gasteiger partial charge < -0.3 is 9.64 Å². The van der Waals surface area contributed by atoms with Crippen molar-refractivity contribution in [1.82, 2.24) is 4.90 Å². The predicted octanol–water partition coefficient (Wildman–Crippen LogP) is 3.26. The minimum absolute atomic E-state index is 0.0291. The zero-order chi connectivity index (χ0) is 16.8. The third-order valence-electron chi connectivity index (χ3n) is 4.37. The molecule has 1 aromatic carbocycles. The molecule has 1 heterocycles. The van der Waals surface area contributed by atoms with Crippen molar-refractivity contribution in [2.45, 2.75) is 45.6 Å². The fraction of sp³-hybridized carbons (Fsp3) is 0.474. The number of carbonyl (C=O) groups excluding carboxylic acids is 2. The minimum Gasteiger partial charge on any atom is -0.469 e. The number of piperidine rings is 1. The SMILES string of the molecule is COC(=O)CC1CCCCN1C(=O)C=Cc1ccc(C)cc1C. The first-order valence-corrected chi connectivity index (χ1v) is 8.14. The summed E-state index contributed by atoms with van der Waals surface area (Å²) in [6.07, 6.45) is 6.65. The van der Waals surface area contributed by atoms with Crippen molar-refractivity contribution in [3.8, 4) is 0 Å². The smallest absolute Gasteiger partial charge is 0.307 e. The van der Waals surface area contributed by atoms with Gasteiger partial charge in [0.15, 0.2) is 0 Å². The summed E-state index contributed by atoms with van der Waals surface area (Å²) in [6.45, 7) is 4.80. The first-order valence-electron chi connectivity index (χ1n) is 8.14. The van der Waals surface area contributed by atoms with Crippen LogP contribution in [0.3, 0.4) is 0 Å². The van der Waals surface area contributed by atoms with E-state index >= 15 is 0 Å². The van der Waals surface area contributed by atoms with Gasteiger partial charge in [-0.15, -0.1) is 0 Å². The van der Waals surface area contributed by atoms with Crippen LogP contribution in [0.5, 0.6) is 0 Å². The maximum atomic E-state index is 12.5. The standard InChI is InChI=1S/C19H25NO3/c1-14-7-8-16(15(2)12-14)9-10-18(21)20-11-5-4-6-17(20)13-19(22)23-3/h7-10,12,17H,4-6,11,13H2,1-3H3. The molecule has 124 valence electrons. The van der Waals surface area contributed by atoms with Crippen LogP contribution in [0.15, 0.2) is 24.3 Å².